The van der Waals surface area contributed by atoms with Crippen LogP contribution in [0, 0.1) is 16.0 Å². The summed E-state index contributed by atoms with van der Waals surface area (Å²) in [7, 11) is 0. The van der Waals surface area contributed by atoms with Gasteiger partial charge in [-0.25, -0.2) is 0 Å². The van der Waals surface area contributed by atoms with E-state index >= 15 is 0 Å². The number of nitro groups is 1. The van der Waals surface area contributed by atoms with Crippen molar-refractivity contribution in [3.63, 3.8) is 0 Å². The van der Waals surface area contributed by atoms with E-state index in [1.165, 1.54) is 12.5 Å². The van der Waals surface area contributed by atoms with Crippen molar-refractivity contribution in [3.8, 4) is 0 Å². The molecule has 1 aliphatic heterocycles. The first-order valence-corrected chi connectivity index (χ1v) is 8.39. The Morgan fingerprint density at radius 2 is 1.92 bits per heavy atom. The maximum atomic E-state index is 12.1. The summed E-state index contributed by atoms with van der Waals surface area (Å²) in [4.78, 5) is 36.1. The zero-order valence-corrected chi connectivity index (χ0v) is 13.7. The number of hydrogen-bond donors (Lipinski definition) is 1. The summed E-state index contributed by atoms with van der Waals surface area (Å²) in [6.45, 7) is 1.69. The van der Waals surface area contributed by atoms with Crippen LogP contribution >= 0.6 is 0 Å². The van der Waals surface area contributed by atoms with Gasteiger partial charge >= 0.3 is 0 Å². The largest absolute Gasteiger partial charge is 0.377 e. The first kappa shape index (κ1) is 16.4. The first-order chi connectivity index (χ1) is 11.5. The molecule has 0 unspecified atom stereocenters. The molecular formula is C17H21N3O4. The van der Waals surface area contributed by atoms with Crippen molar-refractivity contribution >= 4 is 28.9 Å². The summed E-state index contributed by atoms with van der Waals surface area (Å²) in [5.41, 5.74) is 0.622. The molecule has 2 fully saturated rings. The van der Waals surface area contributed by atoms with Gasteiger partial charge in [-0.15, -0.1) is 0 Å². The molecule has 0 aromatic heterocycles. The lowest BCUT2D eigenvalue weighted by Crippen LogP contribution is -2.30. The van der Waals surface area contributed by atoms with Crippen LogP contribution in [0.1, 0.15) is 45.4 Å². The van der Waals surface area contributed by atoms with Crippen molar-refractivity contribution < 1.29 is 14.5 Å². The van der Waals surface area contributed by atoms with Crippen molar-refractivity contribution in [3.05, 3.63) is 28.3 Å². The Balaban J connectivity index is 1.88. The van der Waals surface area contributed by atoms with Gasteiger partial charge in [-0.2, -0.15) is 0 Å². The number of hydrogen-bond acceptors (Lipinski definition) is 5. The number of carbonyl (C=O) groups excluding carboxylic acids is 2. The molecule has 24 heavy (non-hydrogen) atoms. The van der Waals surface area contributed by atoms with Crippen LogP contribution in [0.4, 0.5) is 17.1 Å². The highest BCUT2D eigenvalue weighted by atomic mass is 16.6. The van der Waals surface area contributed by atoms with E-state index in [2.05, 4.69) is 5.32 Å². The lowest BCUT2D eigenvalue weighted by Gasteiger charge is -2.24. The molecule has 2 amide bonds. The number of benzene rings is 1. The van der Waals surface area contributed by atoms with Crippen LogP contribution < -0.4 is 10.2 Å². The number of anilines is 2. The maximum absolute atomic E-state index is 12.1. The normalized spacial score (nSPS) is 22.0. The molecule has 0 bridgehead atoms. The number of amides is 2. The smallest absolute Gasteiger partial charge is 0.294 e. The van der Waals surface area contributed by atoms with Crippen molar-refractivity contribution in [1.29, 1.82) is 0 Å². The summed E-state index contributed by atoms with van der Waals surface area (Å²) in [5.74, 6) is -0.992. The second-order valence-electron chi connectivity index (χ2n) is 6.61. The number of rotatable bonds is 4. The second-order valence-corrected chi connectivity index (χ2v) is 6.61. The molecule has 1 N–H and O–H groups in total. The van der Waals surface area contributed by atoms with E-state index in [0.29, 0.717) is 5.69 Å². The fourth-order valence-electron chi connectivity index (χ4n) is 3.45. The van der Waals surface area contributed by atoms with Crippen LogP contribution in [0.3, 0.4) is 0 Å². The van der Waals surface area contributed by atoms with Crippen molar-refractivity contribution in [1.82, 2.24) is 0 Å². The molecule has 128 valence electrons. The predicted molar refractivity (Wildman–Crippen MR) is 89.9 cm³/mol. The SMILES string of the molecule is C[C@H]1CC(=O)N(c2ccc(NC3CCCCC3)c([N+](=O)[O-])c2)C1=O. The van der Waals surface area contributed by atoms with E-state index in [1.54, 1.807) is 19.1 Å². The maximum Gasteiger partial charge on any atom is 0.294 e. The molecule has 1 aromatic carbocycles. The Bertz CT molecular complexity index is 682. The predicted octanol–water partition coefficient (Wildman–Crippen LogP) is 3.24. The summed E-state index contributed by atoms with van der Waals surface area (Å²) < 4.78 is 0. The summed E-state index contributed by atoms with van der Waals surface area (Å²) in [5, 5.41) is 14.7. The molecule has 2 aliphatic rings. The van der Waals surface area contributed by atoms with E-state index in [0.717, 1.165) is 30.6 Å². The monoisotopic (exact) mass is 331 g/mol. The first-order valence-electron chi connectivity index (χ1n) is 8.39. The van der Waals surface area contributed by atoms with Crippen LogP contribution in [0.15, 0.2) is 18.2 Å². The van der Waals surface area contributed by atoms with E-state index in [-0.39, 0.29) is 41.6 Å². The molecule has 1 atom stereocenters. The van der Waals surface area contributed by atoms with Gasteiger partial charge in [-0.1, -0.05) is 26.2 Å². The molecule has 1 saturated carbocycles. The third-order valence-electron chi connectivity index (χ3n) is 4.77. The topological polar surface area (TPSA) is 92.6 Å². The Morgan fingerprint density at radius 3 is 2.50 bits per heavy atom. The highest BCUT2D eigenvalue weighted by Gasteiger charge is 2.37. The van der Waals surface area contributed by atoms with Gasteiger partial charge in [0, 0.05) is 24.4 Å². The van der Waals surface area contributed by atoms with E-state index in [1.807, 2.05) is 0 Å². The molecular weight excluding hydrogens is 310 g/mol. The quantitative estimate of drug-likeness (QED) is 0.519. The highest BCUT2D eigenvalue weighted by Crippen LogP contribution is 2.34. The van der Waals surface area contributed by atoms with Crippen molar-refractivity contribution in [2.45, 2.75) is 51.5 Å². The van der Waals surface area contributed by atoms with E-state index in [9.17, 15) is 19.7 Å². The summed E-state index contributed by atoms with van der Waals surface area (Å²) in [6, 6.07) is 4.76. The lowest BCUT2D eigenvalue weighted by atomic mass is 9.95. The average Bonchev–Trinajstić information content (AvgIpc) is 2.81. The second kappa shape index (κ2) is 6.59. The minimum atomic E-state index is -0.469. The fraction of sp³-hybridized carbons (Fsp3) is 0.529. The van der Waals surface area contributed by atoms with Crippen molar-refractivity contribution in [2.75, 3.05) is 10.2 Å². The number of nitrogens with one attached hydrogen (secondary N) is 1. The average molecular weight is 331 g/mol. The third kappa shape index (κ3) is 3.11. The molecule has 0 radical (unpaired) electrons. The van der Waals surface area contributed by atoms with Crippen LogP contribution in [0.5, 0.6) is 0 Å². The zero-order chi connectivity index (χ0) is 17.3. The van der Waals surface area contributed by atoms with Crippen LogP contribution in [-0.2, 0) is 9.59 Å². The number of nitrogens with zero attached hydrogens (tertiary/aromatic N) is 2. The third-order valence-corrected chi connectivity index (χ3v) is 4.77. The van der Waals surface area contributed by atoms with Gasteiger partial charge in [0.2, 0.25) is 11.8 Å². The Kier molecular flexibility index (Phi) is 4.51. The lowest BCUT2D eigenvalue weighted by molar-refractivity contribution is -0.383. The van der Waals surface area contributed by atoms with Gasteiger partial charge in [0.05, 0.1) is 10.6 Å². The number of imide groups is 1. The molecule has 7 nitrogen and oxygen atoms in total. The number of nitro benzene ring substituents is 1. The number of carbonyl (C=O) groups is 2. The molecule has 1 aliphatic carbocycles. The van der Waals surface area contributed by atoms with Crippen LogP contribution in [0.25, 0.3) is 0 Å². The molecule has 3 rings (SSSR count). The fourth-order valence-corrected chi connectivity index (χ4v) is 3.45. The van der Waals surface area contributed by atoms with Crippen LogP contribution in [0.2, 0.25) is 0 Å². The molecule has 1 saturated heterocycles. The minimum absolute atomic E-state index is 0.0989. The Labute approximate surface area is 140 Å². The van der Waals surface area contributed by atoms with Gasteiger partial charge in [-0.05, 0) is 25.0 Å². The van der Waals surface area contributed by atoms with Gasteiger partial charge < -0.3 is 5.32 Å². The molecule has 7 heteroatoms. The van der Waals surface area contributed by atoms with Gasteiger partial charge in [0.25, 0.3) is 5.69 Å². The highest BCUT2D eigenvalue weighted by molar-refractivity contribution is 6.21. The summed E-state index contributed by atoms with van der Waals surface area (Å²) in [6.07, 6.45) is 5.60. The van der Waals surface area contributed by atoms with Gasteiger partial charge in [-0.3, -0.25) is 24.6 Å². The Morgan fingerprint density at radius 1 is 1.21 bits per heavy atom. The zero-order valence-electron chi connectivity index (χ0n) is 13.7. The minimum Gasteiger partial charge on any atom is -0.377 e. The molecule has 1 heterocycles. The van der Waals surface area contributed by atoms with E-state index < -0.39 is 4.92 Å². The molecule has 1 aromatic rings. The van der Waals surface area contributed by atoms with E-state index in [4.69, 9.17) is 0 Å². The summed E-state index contributed by atoms with van der Waals surface area (Å²) >= 11 is 0. The molecule has 0 spiro atoms. The van der Waals surface area contributed by atoms with Crippen LogP contribution in [-0.4, -0.2) is 22.8 Å². The Hall–Kier alpha value is -2.44. The van der Waals surface area contributed by atoms with Gasteiger partial charge in [0.15, 0.2) is 0 Å². The standard InChI is InChI=1S/C17H21N3O4/c1-11-9-16(21)19(17(11)22)13-7-8-14(15(10-13)20(23)24)18-12-5-3-2-4-6-12/h7-8,10-12,18H,2-6,9H2,1H3/t11-/m0/s1. The van der Waals surface area contributed by atoms with Gasteiger partial charge in [0.1, 0.15) is 5.69 Å². The van der Waals surface area contributed by atoms with Crippen molar-refractivity contribution in [2.24, 2.45) is 5.92 Å².